The summed E-state index contributed by atoms with van der Waals surface area (Å²) in [6, 6.07) is 24.4. The van der Waals surface area contributed by atoms with E-state index in [1.165, 1.54) is 35.4 Å². The third-order valence-electron chi connectivity index (χ3n) is 16.2. The van der Waals surface area contributed by atoms with Gasteiger partial charge in [0.15, 0.2) is 11.6 Å². The number of aryl methyl sites for hydroxylation is 4. The number of nitrogens with zero attached hydrogens (tertiary/aromatic N) is 3. The van der Waals surface area contributed by atoms with Gasteiger partial charge in [-0.1, -0.05) is 88.4 Å². The van der Waals surface area contributed by atoms with Gasteiger partial charge in [0.05, 0.1) is 53.6 Å². The predicted molar refractivity (Wildman–Crippen MR) is 348 cm³/mol. The average molecular weight is 1230 g/mol. The second kappa shape index (κ2) is 27.1. The summed E-state index contributed by atoms with van der Waals surface area (Å²) in [6.45, 7) is 27.0. The van der Waals surface area contributed by atoms with Crippen molar-refractivity contribution in [2.45, 2.75) is 220 Å². The third kappa shape index (κ3) is 17.1. The molecule has 0 unspecified atom stereocenters. The van der Waals surface area contributed by atoms with Gasteiger partial charge in [-0.25, -0.2) is 8.78 Å². The minimum atomic E-state index is -0.926. The van der Waals surface area contributed by atoms with Crippen LogP contribution in [-0.2, 0) is 76.5 Å². The summed E-state index contributed by atoms with van der Waals surface area (Å²) < 4.78 is 64.2. The molecule has 90 heavy (non-hydrogen) atoms. The number of non-ortho nitro benzene ring substituents is 1. The van der Waals surface area contributed by atoms with Crippen molar-refractivity contribution in [1.82, 2.24) is 9.97 Å². The van der Waals surface area contributed by atoms with E-state index in [-0.39, 0.29) is 77.2 Å². The van der Waals surface area contributed by atoms with E-state index in [9.17, 15) is 28.5 Å². The fourth-order valence-electron chi connectivity index (χ4n) is 12.7. The highest BCUT2D eigenvalue weighted by Crippen LogP contribution is 2.43. The maximum atomic E-state index is 14.2. The Bertz CT molecular complexity index is 3690. The number of pyridine rings is 2. The number of nitrogens with two attached hydrogens (primary N) is 1. The van der Waals surface area contributed by atoms with Gasteiger partial charge in [0, 0.05) is 66.0 Å². The van der Waals surface area contributed by atoms with E-state index in [4.69, 9.17) is 44.1 Å². The van der Waals surface area contributed by atoms with Gasteiger partial charge in [0.2, 0.25) is 0 Å². The molecule has 2 saturated heterocycles. The van der Waals surface area contributed by atoms with E-state index in [2.05, 4.69) is 52.0 Å². The molecule has 4 heterocycles. The summed E-state index contributed by atoms with van der Waals surface area (Å²) in [5, 5.41) is 11.6. The van der Waals surface area contributed by atoms with Crippen LogP contribution in [0.4, 0.5) is 20.2 Å². The first kappa shape index (κ1) is 66.9. The van der Waals surface area contributed by atoms with Crippen molar-refractivity contribution >= 4 is 35.5 Å². The van der Waals surface area contributed by atoms with Crippen LogP contribution in [0.25, 0.3) is 34.4 Å². The standard InChI is InChI=1S/C37H43FN2O6.C37H45FN2O4/c1-22(2)35-30(16-15-28-20-29(45-37(6,7)44-28)21-33(41)46-36(3,4)5)34(24-8-12-26(38)13-9-24)31-19-25-18-27(40(42)43)14-10-23(25)11-17-32(31)39-35;1-22(2)35-30(16-15-28-20-29(43-37(6,7)42-28)21-33(41)44-36(3,4)5)34(24-8-12-26(38)13-9-24)31-19-25-18-27(39)14-10-23(25)11-17-32(31)40-35/h8-10,12-16,18,22,28-29H,11,17,19-21H2,1-7H3;8-10,12-16,18,22,28-29H,11,17,19-21,39H2,1-7H3/b2*16-15+/t2*28-,29-/m11/s1. The molecule has 14 nitrogen and oxygen atoms in total. The number of hydrogen-bond acceptors (Lipinski definition) is 13. The monoisotopic (exact) mass is 1230 g/mol. The molecule has 2 aliphatic carbocycles. The van der Waals surface area contributed by atoms with Crippen LogP contribution < -0.4 is 5.73 Å². The number of aromatic nitrogens is 2. The first-order chi connectivity index (χ1) is 42.3. The Balaban J connectivity index is 0.000000214. The zero-order valence-electron chi connectivity index (χ0n) is 54.7. The molecule has 0 radical (unpaired) electrons. The van der Waals surface area contributed by atoms with Crippen molar-refractivity contribution in [2.24, 2.45) is 0 Å². The van der Waals surface area contributed by atoms with Crippen molar-refractivity contribution in [3.8, 4) is 22.3 Å². The average Bonchev–Trinajstić information content (AvgIpc) is 1.27. The van der Waals surface area contributed by atoms with Gasteiger partial charge in [-0.3, -0.25) is 29.7 Å². The van der Waals surface area contributed by atoms with E-state index in [0.717, 1.165) is 96.9 Å². The van der Waals surface area contributed by atoms with Gasteiger partial charge >= 0.3 is 11.9 Å². The van der Waals surface area contributed by atoms with Gasteiger partial charge in [0.25, 0.3) is 5.69 Å². The van der Waals surface area contributed by atoms with E-state index >= 15 is 0 Å². The summed E-state index contributed by atoms with van der Waals surface area (Å²) in [7, 11) is 0. The first-order valence-electron chi connectivity index (χ1n) is 31.5. The number of anilines is 1. The van der Waals surface area contributed by atoms with Crippen LogP contribution in [0.3, 0.4) is 0 Å². The molecule has 2 aliphatic heterocycles. The molecule has 2 N–H and O–H groups in total. The fourth-order valence-corrected chi connectivity index (χ4v) is 12.7. The Morgan fingerprint density at radius 2 is 1.01 bits per heavy atom. The number of nitro groups is 1. The molecular weight excluding hydrogens is 1140 g/mol. The minimum Gasteiger partial charge on any atom is -0.460 e. The maximum Gasteiger partial charge on any atom is 0.308 e. The number of esters is 2. The topological polar surface area (TPSA) is 184 Å². The molecule has 4 aromatic carbocycles. The van der Waals surface area contributed by atoms with Crippen LogP contribution in [0, 0.1) is 21.7 Å². The Hall–Kier alpha value is -7.50. The number of fused-ring (bicyclic) bond motifs is 4. The van der Waals surface area contributed by atoms with Gasteiger partial charge in [0.1, 0.15) is 22.8 Å². The number of halogens is 2. The number of carbonyl (C=O) groups is 2. The smallest absolute Gasteiger partial charge is 0.308 e. The Labute approximate surface area is 529 Å². The second-order valence-electron chi connectivity index (χ2n) is 27.7. The number of rotatable bonds is 13. The first-order valence-corrected chi connectivity index (χ1v) is 31.5. The molecule has 6 aromatic rings. The van der Waals surface area contributed by atoms with Crippen LogP contribution in [0.15, 0.2) is 97.1 Å². The van der Waals surface area contributed by atoms with E-state index < -0.39 is 28.9 Å². The lowest BCUT2D eigenvalue weighted by Crippen LogP contribution is -2.45. The highest BCUT2D eigenvalue weighted by molar-refractivity contribution is 5.83. The molecule has 10 rings (SSSR count). The minimum absolute atomic E-state index is 0.0534. The molecule has 0 saturated carbocycles. The van der Waals surface area contributed by atoms with E-state index in [1.807, 2.05) is 106 Å². The van der Waals surface area contributed by atoms with Crippen LogP contribution in [0.2, 0.25) is 0 Å². The fraction of sp³-hybridized carbons (Fsp3) is 0.459. The van der Waals surface area contributed by atoms with E-state index in [1.54, 1.807) is 24.3 Å². The Kier molecular flexibility index (Phi) is 20.2. The molecule has 4 aliphatic rings. The van der Waals surface area contributed by atoms with Crippen molar-refractivity contribution < 1.29 is 51.7 Å². The van der Waals surface area contributed by atoms with Gasteiger partial charge in [-0.15, -0.1) is 0 Å². The summed E-state index contributed by atoms with van der Waals surface area (Å²) in [4.78, 5) is 47.0. The molecule has 478 valence electrons. The Morgan fingerprint density at radius 3 is 1.40 bits per heavy atom. The highest BCUT2D eigenvalue weighted by atomic mass is 19.1. The van der Waals surface area contributed by atoms with Gasteiger partial charge in [-0.05, 0) is 199 Å². The molecule has 0 spiro atoms. The zero-order chi connectivity index (χ0) is 65.2. The second-order valence-corrected chi connectivity index (χ2v) is 27.7. The number of hydrogen-bond donors (Lipinski definition) is 1. The summed E-state index contributed by atoms with van der Waals surface area (Å²) in [5.41, 5.74) is 22.0. The number of carbonyl (C=O) groups excluding carboxylic acids is 2. The number of ether oxygens (including phenoxy) is 6. The van der Waals surface area contributed by atoms with Crippen molar-refractivity contribution in [3.05, 3.63) is 186 Å². The maximum absolute atomic E-state index is 14.2. The summed E-state index contributed by atoms with van der Waals surface area (Å²) >= 11 is 0. The third-order valence-corrected chi connectivity index (χ3v) is 16.2. The quantitative estimate of drug-likeness (QED) is 0.0499. The largest absolute Gasteiger partial charge is 0.460 e. The van der Waals surface area contributed by atoms with E-state index in [0.29, 0.717) is 38.5 Å². The normalized spacial score (nSPS) is 19.6. The highest BCUT2D eigenvalue weighted by Gasteiger charge is 2.39. The summed E-state index contributed by atoms with van der Waals surface area (Å²) in [5.74, 6) is -2.81. The lowest BCUT2D eigenvalue weighted by Gasteiger charge is -2.40. The lowest BCUT2D eigenvalue weighted by molar-refractivity contribution is -0.384. The molecule has 4 atom stereocenters. The lowest BCUT2D eigenvalue weighted by atomic mass is 9.86. The number of benzene rings is 4. The van der Waals surface area contributed by atoms with Gasteiger partial charge in [-0.2, -0.15) is 0 Å². The number of nitrogen functional groups attached to an aromatic ring is 1. The Morgan fingerprint density at radius 1 is 0.611 bits per heavy atom. The van der Waals surface area contributed by atoms with Crippen molar-refractivity contribution in [1.29, 1.82) is 0 Å². The van der Waals surface area contributed by atoms with Crippen molar-refractivity contribution in [2.75, 3.05) is 5.73 Å². The molecule has 0 amide bonds. The summed E-state index contributed by atoms with van der Waals surface area (Å²) in [6.07, 6.45) is 12.2. The molecular formula is C74H88F2N4O10. The molecule has 0 bridgehead atoms. The molecule has 2 aromatic heterocycles. The number of nitro benzene ring substituents is 1. The van der Waals surface area contributed by atoms with Crippen LogP contribution in [-0.4, -0.2) is 74.0 Å². The van der Waals surface area contributed by atoms with Crippen molar-refractivity contribution in [3.63, 3.8) is 0 Å². The predicted octanol–water partition coefficient (Wildman–Crippen LogP) is 16.2. The SMILES string of the molecule is CC(C)c1nc2c(c(-c3ccc(F)cc3)c1/C=C/[C@@H]1C[C@H](CC(=O)OC(C)(C)C)OC(C)(C)O1)Cc1cc(N)ccc1CC2.CC(C)c1nc2c(c(-c3ccc(F)cc3)c1/C=C/[C@@H]1C[C@H](CC(=O)OC(C)(C)C)OC(C)(C)O1)Cc1cc([N+](=O)[O-])ccc1CC2. The van der Waals surface area contributed by atoms with Crippen LogP contribution in [0.1, 0.15) is 202 Å². The molecule has 2 fully saturated rings. The van der Waals surface area contributed by atoms with Crippen LogP contribution >= 0.6 is 0 Å². The molecule has 16 heteroatoms. The zero-order valence-corrected chi connectivity index (χ0v) is 54.7. The van der Waals surface area contributed by atoms with Crippen LogP contribution in [0.5, 0.6) is 0 Å². The van der Waals surface area contributed by atoms with Gasteiger partial charge < -0.3 is 34.2 Å².